The SMILES string of the molecule is Cc1ccc(N2CCC(C(=O)NNC(=O)c3c(Cl)cccc3Cl)C2=O)cc1. The molecule has 3 amide bonds. The predicted molar refractivity (Wildman–Crippen MR) is 104 cm³/mol. The average molecular weight is 406 g/mol. The van der Waals surface area contributed by atoms with Crippen LogP contribution in [-0.2, 0) is 9.59 Å². The number of hydrogen-bond donors (Lipinski definition) is 2. The van der Waals surface area contributed by atoms with Crippen LogP contribution in [0.5, 0.6) is 0 Å². The number of nitrogens with zero attached hydrogens (tertiary/aromatic N) is 1. The van der Waals surface area contributed by atoms with E-state index in [0.29, 0.717) is 13.0 Å². The summed E-state index contributed by atoms with van der Waals surface area (Å²) in [4.78, 5) is 38.7. The molecule has 6 nitrogen and oxygen atoms in total. The van der Waals surface area contributed by atoms with Crippen LogP contribution in [0.4, 0.5) is 5.69 Å². The summed E-state index contributed by atoms with van der Waals surface area (Å²) in [5.74, 6) is -2.40. The lowest BCUT2D eigenvalue weighted by Gasteiger charge is -2.17. The van der Waals surface area contributed by atoms with Crippen molar-refractivity contribution in [2.24, 2.45) is 5.92 Å². The fourth-order valence-electron chi connectivity index (χ4n) is 2.89. The smallest absolute Gasteiger partial charge is 0.272 e. The van der Waals surface area contributed by atoms with E-state index in [9.17, 15) is 14.4 Å². The van der Waals surface area contributed by atoms with E-state index in [2.05, 4.69) is 10.9 Å². The number of anilines is 1. The third-order valence-corrected chi connectivity index (χ3v) is 4.99. The molecule has 2 aromatic rings. The van der Waals surface area contributed by atoms with Crippen molar-refractivity contribution >= 4 is 46.6 Å². The maximum absolute atomic E-state index is 12.6. The standard InChI is InChI=1S/C19H17Cl2N3O3/c1-11-5-7-12(8-6-11)24-10-9-13(19(24)27)17(25)22-23-18(26)16-14(20)3-2-4-15(16)21/h2-8,13H,9-10H2,1H3,(H,22,25)(H,23,26). The van der Waals surface area contributed by atoms with Crippen molar-refractivity contribution in [3.05, 3.63) is 63.6 Å². The summed E-state index contributed by atoms with van der Waals surface area (Å²) in [7, 11) is 0. The van der Waals surface area contributed by atoms with Crippen molar-refractivity contribution in [2.45, 2.75) is 13.3 Å². The number of benzene rings is 2. The first kappa shape index (κ1) is 19.2. The number of hydrazine groups is 1. The molecule has 0 bridgehead atoms. The molecule has 1 unspecified atom stereocenters. The predicted octanol–water partition coefficient (Wildman–Crippen LogP) is 3.12. The van der Waals surface area contributed by atoms with Crippen LogP contribution in [0.2, 0.25) is 10.0 Å². The maximum atomic E-state index is 12.6. The van der Waals surface area contributed by atoms with Gasteiger partial charge in [-0.05, 0) is 37.6 Å². The zero-order chi connectivity index (χ0) is 19.6. The van der Waals surface area contributed by atoms with E-state index in [0.717, 1.165) is 11.3 Å². The molecule has 1 heterocycles. The molecule has 3 rings (SSSR count). The lowest BCUT2D eigenvalue weighted by molar-refractivity contribution is -0.132. The van der Waals surface area contributed by atoms with Crippen molar-refractivity contribution < 1.29 is 14.4 Å². The first-order valence-corrected chi connectivity index (χ1v) is 9.06. The minimum absolute atomic E-state index is 0.0557. The Bertz CT molecular complexity index is 879. The molecule has 0 spiro atoms. The first-order valence-electron chi connectivity index (χ1n) is 8.30. The van der Waals surface area contributed by atoms with Gasteiger partial charge in [-0.3, -0.25) is 25.2 Å². The second-order valence-corrected chi connectivity index (χ2v) is 7.02. The molecule has 140 valence electrons. The minimum Gasteiger partial charge on any atom is -0.312 e. The molecular formula is C19H17Cl2N3O3. The molecule has 1 aliphatic heterocycles. The Morgan fingerprint density at radius 2 is 1.67 bits per heavy atom. The van der Waals surface area contributed by atoms with E-state index in [1.807, 2.05) is 31.2 Å². The van der Waals surface area contributed by atoms with Crippen LogP contribution in [0.1, 0.15) is 22.3 Å². The molecule has 8 heteroatoms. The molecule has 0 aliphatic carbocycles. The highest BCUT2D eigenvalue weighted by Crippen LogP contribution is 2.26. The molecule has 0 radical (unpaired) electrons. The van der Waals surface area contributed by atoms with Crippen LogP contribution in [0.3, 0.4) is 0 Å². The van der Waals surface area contributed by atoms with Gasteiger partial charge in [-0.2, -0.15) is 0 Å². The minimum atomic E-state index is -0.867. The van der Waals surface area contributed by atoms with E-state index in [4.69, 9.17) is 23.2 Å². The van der Waals surface area contributed by atoms with Gasteiger partial charge in [0.05, 0.1) is 15.6 Å². The highest BCUT2D eigenvalue weighted by molar-refractivity contribution is 6.39. The van der Waals surface area contributed by atoms with Gasteiger partial charge in [0.1, 0.15) is 5.92 Å². The van der Waals surface area contributed by atoms with Gasteiger partial charge in [-0.25, -0.2) is 0 Å². The van der Waals surface area contributed by atoms with Crippen LogP contribution in [0.15, 0.2) is 42.5 Å². The molecule has 1 saturated heterocycles. The van der Waals surface area contributed by atoms with Crippen molar-refractivity contribution in [1.29, 1.82) is 0 Å². The molecule has 1 fully saturated rings. The summed E-state index contributed by atoms with van der Waals surface area (Å²) in [5, 5.41) is 0.327. The first-order chi connectivity index (χ1) is 12.9. The highest BCUT2D eigenvalue weighted by Gasteiger charge is 2.37. The van der Waals surface area contributed by atoms with E-state index in [1.165, 1.54) is 12.1 Å². The van der Waals surface area contributed by atoms with Crippen LogP contribution >= 0.6 is 23.2 Å². The van der Waals surface area contributed by atoms with Crippen LogP contribution in [-0.4, -0.2) is 24.3 Å². The molecule has 2 aromatic carbocycles. The van der Waals surface area contributed by atoms with Crippen LogP contribution in [0.25, 0.3) is 0 Å². The number of halogens is 2. The largest absolute Gasteiger partial charge is 0.312 e. The van der Waals surface area contributed by atoms with Gasteiger partial charge < -0.3 is 4.90 Å². The normalized spacial score (nSPS) is 16.3. The summed E-state index contributed by atoms with van der Waals surface area (Å²) < 4.78 is 0. The Hall–Kier alpha value is -2.57. The number of amides is 3. The van der Waals surface area contributed by atoms with Gasteiger partial charge in [0.15, 0.2) is 0 Å². The Morgan fingerprint density at radius 3 is 2.30 bits per heavy atom. The topological polar surface area (TPSA) is 78.5 Å². The fraction of sp³-hybridized carbons (Fsp3) is 0.211. The lowest BCUT2D eigenvalue weighted by Crippen LogP contribution is -2.46. The Morgan fingerprint density at radius 1 is 1.04 bits per heavy atom. The van der Waals surface area contributed by atoms with E-state index < -0.39 is 17.7 Å². The van der Waals surface area contributed by atoms with Crippen molar-refractivity contribution in [2.75, 3.05) is 11.4 Å². The number of carbonyl (C=O) groups excluding carboxylic acids is 3. The van der Waals surface area contributed by atoms with Crippen LogP contribution < -0.4 is 15.8 Å². The highest BCUT2D eigenvalue weighted by atomic mass is 35.5. The summed E-state index contributed by atoms with van der Waals surface area (Å²) in [5.41, 5.74) is 6.43. The third-order valence-electron chi connectivity index (χ3n) is 4.36. The fourth-order valence-corrected chi connectivity index (χ4v) is 3.46. The van der Waals surface area contributed by atoms with Gasteiger partial charge >= 0.3 is 0 Å². The molecule has 0 saturated carbocycles. The van der Waals surface area contributed by atoms with Gasteiger partial charge in [0.25, 0.3) is 11.8 Å². The second kappa shape index (κ2) is 7.98. The van der Waals surface area contributed by atoms with Crippen molar-refractivity contribution in [3.8, 4) is 0 Å². The maximum Gasteiger partial charge on any atom is 0.272 e. The summed E-state index contributed by atoms with van der Waals surface area (Å²) in [6, 6.07) is 12.1. The second-order valence-electron chi connectivity index (χ2n) is 6.21. The van der Waals surface area contributed by atoms with Crippen molar-refractivity contribution in [1.82, 2.24) is 10.9 Å². The Kier molecular flexibility index (Phi) is 5.68. The summed E-state index contributed by atoms with van der Waals surface area (Å²) >= 11 is 11.9. The Labute approximate surface area is 166 Å². The van der Waals surface area contributed by atoms with Crippen molar-refractivity contribution in [3.63, 3.8) is 0 Å². The molecule has 0 aromatic heterocycles. The van der Waals surface area contributed by atoms with Gasteiger partial charge in [-0.15, -0.1) is 0 Å². The average Bonchev–Trinajstić information content (AvgIpc) is 3.02. The lowest BCUT2D eigenvalue weighted by atomic mass is 10.1. The number of rotatable bonds is 3. The zero-order valence-corrected chi connectivity index (χ0v) is 16.0. The molecular weight excluding hydrogens is 389 g/mol. The van der Waals surface area contributed by atoms with Gasteiger partial charge in [-0.1, -0.05) is 47.0 Å². The molecule has 2 N–H and O–H groups in total. The number of nitrogens with one attached hydrogen (secondary N) is 2. The number of hydrogen-bond acceptors (Lipinski definition) is 3. The summed E-state index contributed by atoms with van der Waals surface area (Å²) in [6.07, 6.45) is 0.362. The monoisotopic (exact) mass is 405 g/mol. The quantitative estimate of drug-likeness (QED) is 0.608. The third kappa shape index (κ3) is 4.07. The Balaban J connectivity index is 1.62. The van der Waals surface area contributed by atoms with E-state index in [1.54, 1.807) is 11.0 Å². The van der Waals surface area contributed by atoms with Crippen LogP contribution in [0, 0.1) is 12.8 Å². The zero-order valence-electron chi connectivity index (χ0n) is 14.5. The number of aryl methyl sites for hydroxylation is 1. The number of carbonyl (C=O) groups is 3. The van der Waals surface area contributed by atoms with E-state index in [-0.39, 0.29) is 21.5 Å². The molecule has 1 aliphatic rings. The van der Waals surface area contributed by atoms with Gasteiger partial charge in [0.2, 0.25) is 5.91 Å². The van der Waals surface area contributed by atoms with E-state index >= 15 is 0 Å². The molecule has 27 heavy (non-hydrogen) atoms. The summed E-state index contributed by atoms with van der Waals surface area (Å²) in [6.45, 7) is 2.39. The van der Waals surface area contributed by atoms with Gasteiger partial charge in [0, 0.05) is 12.2 Å². The molecule has 1 atom stereocenters.